The van der Waals surface area contributed by atoms with Crippen molar-refractivity contribution in [2.45, 2.75) is 26.3 Å². The molecule has 0 saturated heterocycles. The van der Waals surface area contributed by atoms with Crippen molar-refractivity contribution in [3.8, 4) is 11.4 Å². The Morgan fingerprint density at radius 3 is 2.42 bits per heavy atom. The molecule has 36 heavy (non-hydrogen) atoms. The number of phenolic OH excluding ortho intramolecular Hbond substituents is 1. The van der Waals surface area contributed by atoms with Crippen LogP contribution >= 0.6 is 11.8 Å². The van der Waals surface area contributed by atoms with Crippen LogP contribution in [0.1, 0.15) is 19.4 Å². The number of hydrogen-bond donors (Lipinski definition) is 3. The quantitative estimate of drug-likeness (QED) is 0.246. The molecule has 0 spiro atoms. The number of carboxylic acids is 1. The summed E-state index contributed by atoms with van der Waals surface area (Å²) in [6.07, 6.45) is 0.424. The molecule has 11 heteroatoms. The van der Waals surface area contributed by atoms with Gasteiger partial charge in [0.1, 0.15) is 28.5 Å². The minimum Gasteiger partial charge on any atom is -0.506 e. The smallest absolute Gasteiger partial charge is 0.327 e. The van der Waals surface area contributed by atoms with E-state index in [-0.39, 0.29) is 23.7 Å². The lowest BCUT2D eigenvalue weighted by Gasteiger charge is -2.16. The van der Waals surface area contributed by atoms with Crippen LogP contribution in [0.2, 0.25) is 0 Å². The first kappa shape index (κ1) is 26.7. The molecule has 3 N–H and O–H groups in total. The van der Waals surface area contributed by atoms with Gasteiger partial charge in [0.15, 0.2) is 0 Å². The van der Waals surface area contributed by atoms with Crippen molar-refractivity contribution in [3.63, 3.8) is 0 Å². The zero-order valence-electron chi connectivity index (χ0n) is 20.0. The summed E-state index contributed by atoms with van der Waals surface area (Å²) in [4.78, 5) is 36.8. The summed E-state index contributed by atoms with van der Waals surface area (Å²) in [6, 6.07) is 11.3. The van der Waals surface area contributed by atoms with E-state index >= 15 is 0 Å². The second-order valence-corrected chi connectivity index (χ2v) is 9.38. The molecule has 3 rings (SSSR count). The maximum Gasteiger partial charge on any atom is 0.327 e. The average Bonchev–Trinajstić information content (AvgIpc) is 3.28. The summed E-state index contributed by atoms with van der Waals surface area (Å²) < 4.78 is 5.38. The van der Waals surface area contributed by atoms with Crippen LogP contribution in [0, 0.1) is 5.92 Å². The number of carbonyl (C=O) groups excluding carboxylic acids is 2. The van der Waals surface area contributed by atoms with Crippen LogP contribution in [-0.4, -0.2) is 67.2 Å². The second kappa shape index (κ2) is 12.2. The number of aromatic hydroxyl groups is 1. The van der Waals surface area contributed by atoms with E-state index in [2.05, 4.69) is 22.1 Å². The molecule has 0 bridgehead atoms. The Morgan fingerprint density at radius 2 is 1.81 bits per heavy atom. The fourth-order valence-electron chi connectivity index (χ4n) is 3.15. The molecule has 0 radical (unpaired) electrons. The van der Waals surface area contributed by atoms with Gasteiger partial charge in [0.2, 0.25) is 5.91 Å². The van der Waals surface area contributed by atoms with Gasteiger partial charge in [-0.15, -0.1) is 15.0 Å². The number of amides is 1. The molecule has 2 aromatic carbocycles. The Kier molecular flexibility index (Phi) is 9.07. The number of aliphatic carboxylic acids is 1. The third kappa shape index (κ3) is 7.08. The molecule has 190 valence electrons. The van der Waals surface area contributed by atoms with Crippen molar-refractivity contribution < 1.29 is 29.3 Å². The maximum atomic E-state index is 12.4. The number of esters is 1. The van der Waals surface area contributed by atoms with Crippen molar-refractivity contribution in [1.29, 1.82) is 0 Å². The monoisotopic (exact) mass is 512 g/mol. The Bertz CT molecular complexity index is 1240. The molecule has 0 aliphatic rings. The summed E-state index contributed by atoms with van der Waals surface area (Å²) >= 11 is 1.24. The Labute approximate surface area is 212 Å². The van der Waals surface area contributed by atoms with Gasteiger partial charge >= 0.3 is 11.9 Å². The number of rotatable bonds is 12. The number of fused-ring (bicyclic) bond motifs is 1. The number of aromatic nitrogens is 3. The molecular formula is C25H28N4O6S. The van der Waals surface area contributed by atoms with E-state index in [1.807, 2.05) is 24.3 Å². The number of phenols is 1. The van der Waals surface area contributed by atoms with Gasteiger partial charge in [0, 0.05) is 23.5 Å². The number of ether oxygens (including phenoxy) is 1. The summed E-state index contributed by atoms with van der Waals surface area (Å²) in [5.74, 6) is -2.06. The van der Waals surface area contributed by atoms with Crippen LogP contribution in [0.5, 0.6) is 5.75 Å². The van der Waals surface area contributed by atoms with Crippen molar-refractivity contribution >= 4 is 40.6 Å². The lowest BCUT2D eigenvalue weighted by atomic mass is 10.1. The van der Waals surface area contributed by atoms with Gasteiger partial charge in [-0.1, -0.05) is 31.7 Å². The normalized spacial score (nSPS) is 12.6. The maximum absolute atomic E-state index is 12.4. The molecular weight excluding hydrogens is 484 g/mol. The number of nitrogens with one attached hydrogen (secondary N) is 1. The Balaban J connectivity index is 1.48. The molecule has 3 aromatic rings. The topological polar surface area (TPSA) is 144 Å². The van der Waals surface area contributed by atoms with Gasteiger partial charge < -0.3 is 20.3 Å². The lowest BCUT2D eigenvalue weighted by Crippen LogP contribution is -2.43. The van der Waals surface area contributed by atoms with Crippen molar-refractivity contribution in [2.24, 2.45) is 5.92 Å². The van der Waals surface area contributed by atoms with Crippen LogP contribution in [-0.2, 0) is 25.5 Å². The van der Waals surface area contributed by atoms with Crippen molar-refractivity contribution in [1.82, 2.24) is 20.3 Å². The van der Waals surface area contributed by atoms with Gasteiger partial charge in [-0.3, -0.25) is 9.59 Å². The predicted octanol–water partition coefficient (Wildman–Crippen LogP) is 2.73. The minimum absolute atomic E-state index is 0.0285. The van der Waals surface area contributed by atoms with E-state index in [1.54, 1.807) is 25.1 Å². The first-order valence-corrected chi connectivity index (χ1v) is 12.4. The zero-order chi connectivity index (χ0) is 26.2. The zero-order valence-corrected chi connectivity index (χ0v) is 20.8. The number of carbonyl (C=O) groups is 3. The fraction of sp³-hybridized carbons (Fsp3) is 0.320. The SMILES string of the molecule is C=C(C)C(=O)NC(CSCC(C)C(=O)OCCc1ccc(O)c(-n2nc3ccccc3n2)c1)C(=O)O. The van der Waals surface area contributed by atoms with Gasteiger partial charge in [-0.25, -0.2) is 4.79 Å². The number of hydrogen-bond acceptors (Lipinski definition) is 8. The van der Waals surface area contributed by atoms with Crippen LogP contribution < -0.4 is 5.32 Å². The summed E-state index contributed by atoms with van der Waals surface area (Å²) in [7, 11) is 0. The second-order valence-electron chi connectivity index (χ2n) is 8.30. The molecule has 2 atom stereocenters. The summed E-state index contributed by atoms with van der Waals surface area (Å²) in [5.41, 5.74) is 2.88. The van der Waals surface area contributed by atoms with Gasteiger partial charge in [0.05, 0.1) is 12.5 Å². The molecule has 0 saturated carbocycles. The van der Waals surface area contributed by atoms with Gasteiger partial charge in [0.25, 0.3) is 0 Å². The van der Waals surface area contributed by atoms with E-state index in [0.29, 0.717) is 28.9 Å². The molecule has 0 aliphatic carbocycles. The van der Waals surface area contributed by atoms with Crippen LogP contribution in [0.4, 0.5) is 0 Å². The molecule has 10 nitrogen and oxygen atoms in total. The molecule has 0 aliphatic heterocycles. The molecule has 2 unspecified atom stereocenters. The average molecular weight is 513 g/mol. The Hall–Kier alpha value is -3.86. The molecule has 1 heterocycles. The molecule has 1 aromatic heterocycles. The minimum atomic E-state index is -1.15. The third-order valence-electron chi connectivity index (χ3n) is 5.22. The highest BCUT2D eigenvalue weighted by Gasteiger charge is 2.22. The van der Waals surface area contributed by atoms with Crippen molar-refractivity contribution in [3.05, 3.63) is 60.2 Å². The first-order chi connectivity index (χ1) is 17.2. The van der Waals surface area contributed by atoms with E-state index in [1.165, 1.54) is 23.5 Å². The first-order valence-electron chi connectivity index (χ1n) is 11.2. The van der Waals surface area contributed by atoms with Crippen LogP contribution in [0.15, 0.2) is 54.6 Å². The lowest BCUT2D eigenvalue weighted by molar-refractivity contribution is -0.147. The van der Waals surface area contributed by atoms with Crippen LogP contribution in [0.3, 0.4) is 0 Å². The van der Waals surface area contributed by atoms with E-state index in [4.69, 9.17) is 4.74 Å². The number of thioether (sulfide) groups is 1. The van der Waals surface area contributed by atoms with E-state index < -0.39 is 29.8 Å². The largest absolute Gasteiger partial charge is 0.506 e. The third-order valence-corrected chi connectivity index (χ3v) is 6.53. The van der Waals surface area contributed by atoms with Gasteiger partial charge in [-0.05, 0) is 36.8 Å². The summed E-state index contributed by atoms with van der Waals surface area (Å²) in [5, 5.41) is 30.7. The number of benzene rings is 2. The van der Waals surface area contributed by atoms with Gasteiger partial charge in [-0.2, -0.15) is 11.8 Å². The fourth-order valence-corrected chi connectivity index (χ4v) is 4.24. The molecule has 0 fully saturated rings. The summed E-state index contributed by atoms with van der Waals surface area (Å²) in [6.45, 7) is 6.82. The Morgan fingerprint density at radius 1 is 1.14 bits per heavy atom. The number of nitrogens with zero attached hydrogens (tertiary/aromatic N) is 3. The standard InChI is InChI=1S/C25H28N4O6S/c1-15(2)23(31)26-20(24(32)33)14-36-13-16(3)25(34)35-11-10-17-8-9-22(30)21(12-17)29-27-18-6-4-5-7-19(18)28-29/h4-9,12,16,20,30H,1,10-11,13-14H2,2-3H3,(H,26,31)(H,32,33). The number of carboxylic acid groups (broad SMARTS) is 1. The van der Waals surface area contributed by atoms with E-state index in [9.17, 15) is 24.6 Å². The van der Waals surface area contributed by atoms with E-state index in [0.717, 1.165) is 5.56 Å². The highest BCUT2D eigenvalue weighted by atomic mass is 32.2. The highest BCUT2D eigenvalue weighted by Crippen LogP contribution is 2.23. The highest BCUT2D eigenvalue weighted by molar-refractivity contribution is 7.99. The molecule has 1 amide bonds. The van der Waals surface area contributed by atoms with Crippen LogP contribution in [0.25, 0.3) is 16.7 Å². The predicted molar refractivity (Wildman–Crippen MR) is 136 cm³/mol. The van der Waals surface area contributed by atoms with Crippen molar-refractivity contribution in [2.75, 3.05) is 18.1 Å².